The van der Waals surface area contributed by atoms with E-state index in [0.29, 0.717) is 34.3 Å². The van der Waals surface area contributed by atoms with Crippen LogP contribution in [0.5, 0.6) is 17.4 Å². The molecule has 3 heterocycles. The minimum Gasteiger partial charge on any atom is -0.485 e. The SMILES string of the molecule is COc1nc(-c2cccc3c2OC(C(N)=O)CO3)ccc1Nc1ccc(CNCc2ccn[nH]2)cc1. The standard InChI is InChI=1S/C26H26N6O4/c1-34-26-21(30-17-7-5-16(6-8-17)13-28-14-18-11-12-29-32-18)10-9-20(31-26)19-3-2-4-22-24(19)36-23(15-35-22)25(27)33/h2-12,23,28,30H,13-15H2,1H3,(H2,27,33)(H,29,32). The summed E-state index contributed by atoms with van der Waals surface area (Å²) in [6, 6.07) is 19.3. The fraction of sp³-hybridized carbons (Fsp3) is 0.192. The molecule has 184 valence electrons. The summed E-state index contributed by atoms with van der Waals surface area (Å²) in [6.07, 6.45) is 0.882. The molecule has 1 atom stereocenters. The Morgan fingerprint density at radius 1 is 1.14 bits per heavy atom. The smallest absolute Gasteiger partial charge is 0.262 e. The molecule has 1 unspecified atom stereocenters. The van der Waals surface area contributed by atoms with Crippen molar-refractivity contribution in [3.8, 4) is 28.6 Å². The Morgan fingerprint density at radius 2 is 2.00 bits per heavy atom. The first kappa shape index (κ1) is 23.2. The van der Waals surface area contributed by atoms with Gasteiger partial charge in [0, 0.05) is 36.2 Å². The molecule has 0 aliphatic carbocycles. The number of hydrogen-bond donors (Lipinski definition) is 4. The number of nitrogens with two attached hydrogens (primary N) is 1. The van der Waals surface area contributed by atoms with E-state index in [0.717, 1.165) is 30.0 Å². The number of primary amides is 1. The predicted octanol–water partition coefficient (Wildman–Crippen LogP) is 3.14. The van der Waals surface area contributed by atoms with Gasteiger partial charge in [0.25, 0.3) is 5.91 Å². The van der Waals surface area contributed by atoms with Gasteiger partial charge in [0.2, 0.25) is 12.0 Å². The first-order valence-corrected chi connectivity index (χ1v) is 11.4. The zero-order valence-corrected chi connectivity index (χ0v) is 19.7. The van der Waals surface area contributed by atoms with E-state index in [2.05, 4.69) is 37.9 Å². The number of anilines is 2. The van der Waals surface area contributed by atoms with Crippen molar-refractivity contribution >= 4 is 17.3 Å². The Morgan fingerprint density at radius 3 is 2.75 bits per heavy atom. The lowest BCUT2D eigenvalue weighted by molar-refractivity contribution is -0.126. The van der Waals surface area contributed by atoms with Crippen LogP contribution in [0, 0.1) is 0 Å². The number of amides is 1. The largest absolute Gasteiger partial charge is 0.485 e. The normalized spacial score (nSPS) is 14.3. The molecule has 0 fully saturated rings. The van der Waals surface area contributed by atoms with Gasteiger partial charge < -0.3 is 30.6 Å². The third kappa shape index (κ3) is 5.08. The van der Waals surface area contributed by atoms with Crippen molar-refractivity contribution in [2.45, 2.75) is 19.2 Å². The second-order valence-electron chi connectivity index (χ2n) is 8.21. The van der Waals surface area contributed by atoms with Crippen LogP contribution in [0.2, 0.25) is 0 Å². The number of nitrogens with zero attached hydrogens (tertiary/aromatic N) is 2. The highest BCUT2D eigenvalue weighted by molar-refractivity contribution is 5.81. The summed E-state index contributed by atoms with van der Waals surface area (Å²) in [4.78, 5) is 16.3. The molecular weight excluding hydrogens is 460 g/mol. The Kier molecular flexibility index (Phi) is 6.67. The number of aromatic amines is 1. The lowest BCUT2D eigenvalue weighted by atomic mass is 10.1. The number of pyridine rings is 1. The van der Waals surface area contributed by atoms with Gasteiger partial charge in [0.05, 0.1) is 12.8 Å². The zero-order valence-electron chi connectivity index (χ0n) is 19.7. The highest BCUT2D eigenvalue weighted by Crippen LogP contribution is 2.41. The fourth-order valence-corrected chi connectivity index (χ4v) is 3.86. The molecule has 0 bridgehead atoms. The van der Waals surface area contributed by atoms with Crippen LogP contribution in [0.25, 0.3) is 11.3 Å². The number of para-hydroxylation sites is 1. The number of nitrogens with one attached hydrogen (secondary N) is 3. The zero-order chi connectivity index (χ0) is 24.9. The van der Waals surface area contributed by atoms with E-state index < -0.39 is 12.0 Å². The van der Waals surface area contributed by atoms with Gasteiger partial charge in [0.1, 0.15) is 12.3 Å². The lowest BCUT2D eigenvalue weighted by Gasteiger charge is -2.26. The molecule has 0 saturated carbocycles. The average Bonchev–Trinajstić information content (AvgIpc) is 3.43. The predicted molar refractivity (Wildman–Crippen MR) is 134 cm³/mol. The number of hydrogen-bond acceptors (Lipinski definition) is 8. The molecule has 1 amide bonds. The number of rotatable bonds is 9. The highest BCUT2D eigenvalue weighted by atomic mass is 16.6. The van der Waals surface area contributed by atoms with Crippen LogP contribution in [-0.2, 0) is 17.9 Å². The fourth-order valence-electron chi connectivity index (χ4n) is 3.86. The second-order valence-corrected chi connectivity index (χ2v) is 8.21. The minimum atomic E-state index is -0.856. The average molecular weight is 487 g/mol. The number of aromatic nitrogens is 3. The maximum atomic E-state index is 11.6. The van der Waals surface area contributed by atoms with E-state index in [-0.39, 0.29) is 6.61 Å². The topological polar surface area (TPSA) is 136 Å². The Balaban J connectivity index is 1.30. The molecule has 10 heteroatoms. The third-order valence-corrected chi connectivity index (χ3v) is 5.71. The molecule has 10 nitrogen and oxygen atoms in total. The molecule has 2 aromatic carbocycles. The first-order chi connectivity index (χ1) is 17.6. The second kappa shape index (κ2) is 10.4. The van der Waals surface area contributed by atoms with Gasteiger partial charge in [0.15, 0.2) is 11.5 Å². The number of methoxy groups -OCH3 is 1. The summed E-state index contributed by atoms with van der Waals surface area (Å²) in [7, 11) is 1.56. The lowest BCUT2D eigenvalue weighted by Crippen LogP contribution is -2.41. The van der Waals surface area contributed by atoms with Crippen LogP contribution in [0.4, 0.5) is 11.4 Å². The number of H-pyrrole nitrogens is 1. The number of carbonyl (C=O) groups is 1. The van der Waals surface area contributed by atoms with Crippen molar-refractivity contribution in [3.63, 3.8) is 0 Å². The molecule has 0 spiro atoms. The molecule has 5 rings (SSSR count). The van der Waals surface area contributed by atoms with E-state index in [1.165, 1.54) is 0 Å². The Hall–Kier alpha value is -4.57. The molecule has 0 saturated heterocycles. The van der Waals surface area contributed by atoms with Crippen LogP contribution < -0.4 is 30.6 Å². The quantitative estimate of drug-likeness (QED) is 0.283. The summed E-state index contributed by atoms with van der Waals surface area (Å²) in [5.74, 6) is 0.797. The van der Waals surface area contributed by atoms with Gasteiger partial charge in [-0.15, -0.1) is 0 Å². The highest BCUT2D eigenvalue weighted by Gasteiger charge is 2.28. The van der Waals surface area contributed by atoms with Crippen LogP contribution in [0.15, 0.2) is 66.9 Å². The summed E-state index contributed by atoms with van der Waals surface area (Å²) < 4.78 is 17.1. The maximum Gasteiger partial charge on any atom is 0.262 e. The van der Waals surface area contributed by atoms with Crippen molar-refractivity contribution in [3.05, 3.63) is 78.1 Å². The molecular formula is C26H26N6O4. The van der Waals surface area contributed by atoms with E-state index in [1.807, 2.05) is 42.5 Å². The van der Waals surface area contributed by atoms with E-state index in [4.69, 9.17) is 19.9 Å². The molecule has 2 aromatic heterocycles. The van der Waals surface area contributed by atoms with Gasteiger partial charge >= 0.3 is 0 Å². The summed E-state index contributed by atoms with van der Waals surface area (Å²) in [5, 5.41) is 13.6. The monoisotopic (exact) mass is 486 g/mol. The molecule has 1 aliphatic heterocycles. The number of carbonyl (C=O) groups excluding carboxylic acids is 1. The van der Waals surface area contributed by atoms with Gasteiger partial charge in [-0.2, -0.15) is 5.10 Å². The van der Waals surface area contributed by atoms with Crippen LogP contribution >= 0.6 is 0 Å². The molecule has 5 N–H and O–H groups in total. The summed E-state index contributed by atoms with van der Waals surface area (Å²) >= 11 is 0. The van der Waals surface area contributed by atoms with E-state index >= 15 is 0 Å². The summed E-state index contributed by atoms with van der Waals surface area (Å²) in [5.41, 5.74) is 10.5. The number of fused-ring (bicyclic) bond motifs is 1. The van der Waals surface area contributed by atoms with Crippen molar-refractivity contribution in [1.29, 1.82) is 0 Å². The maximum absolute atomic E-state index is 11.6. The minimum absolute atomic E-state index is 0.0739. The van der Waals surface area contributed by atoms with Crippen LogP contribution in [0.3, 0.4) is 0 Å². The van der Waals surface area contributed by atoms with Gasteiger partial charge in [-0.05, 0) is 48.0 Å². The van der Waals surface area contributed by atoms with Gasteiger partial charge in [-0.25, -0.2) is 4.98 Å². The number of benzene rings is 2. The first-order valence-electron chi connectivity index (χ1n) is 11.4. The number of ether oxygens (including phenoxy) is 3. The third-order valence-electron chi connectivity index (χ3n) is 5.71. The van der Waals surface area contributed by atoms with E-state index in [9.17, 15) is 4.79 Å². The van der Waals surface area contributed by atoms with Gasteiger partial charge in [-0.1, -0.05) is 18.2 Å². The molecule has 36 heavy (non-hydrogen) atoms. The molecule has 4 aromatic rings. The van der Waals surface area contributed by atoms with E-state index in [1.54, 1.807) is 19.4 Å². The van der Waals surface area contributed by atoms with Crippen molar-refractivity contribution < 1.29 is 19.0 Å². The van der Waals surface area contributed by atoms with Crippen molar-refractivity contribution in [2.24, 2.45) is 5.73 Å². The Labute approximate surface area is 207 Å². The molecule has 1 aliphatic rings. The van der Waals surface area contributed by atoms with Gasteiger partial charge in [-0.3, -0.25) is 9.89 Å². The summed E-state index contributed by atoms with van der Waals surface area (Å²) in [6.45, 7) is 1.54. The molecule has 0 radical (unpaired) electrons. The van der Waals surface area contributed by atoms with Crippen molar-refractivity contribution in [1.82, 2.24) is 20.5 Å². The van der Waals surface area contributed by atoms with Crippen LogP contribution in [-0.4, -0.2) is 40.9 Å². The Bertz CT molecular complexity index is 1340. The van der Waals surface area contributed by atoms with Crippen molar-refractivity contribution in [2.75, 3.05) is 19.0 Å². The van der Waals surface area contributed by atoms with Crippen LogP contribution in [0.1, 0.15) is 11.3 Å².